The Hall–Kier alpha value is -3.92. The molecule has 4 nitrogen and oxygen atoms in total. The number of hydrogen-bond donors (Lipinski definition) is 1. The van der Waals surface area contributed by atoms with E-state index < -0.39 is 0 Å². The minimum atomic E-state index is -0.140. The van der Waals surface area contributed by atoms with Crippen LogP contribution in [0.15, 0.2) is 71.3 Å². The monoisotopic (exact) mass is 462 g/mol. The molecule has 0 aliphatic carbocycles. The molecule has 1 N–H and O–H groups in total. The first-order valence-corrected chi connectivity index (χ1v) is 11.9. The van der Waals surface area contributed by atoms with E-state index in [0.29, 0.717) is 17.3 Å². The molecule has 0 unspecified atom stereocenters. The van der Waals surface area contributed by atoms with Gasteiger partial charge in [0.05, 0.1) is 5.56 Å². The Balaban J connectivity index is 1.73. The van der Waals surface area contributed by atoms with Gasteiger partial charge in [-0.15, -0.1) is 0 Å². The molecular weight excluding hydrogens is 432 g/mol. The summed E-state index contributed by atoms with van der Waals surface area (Å²) >= 11 is 0. The van der Waals surface area contributed by atoms with E-state index in [4.69, 9.17) is 9.51 Å². The van der Waals surface area contributed by atoms with Crippen molar-refractivity contribution in [2.24, 2.45) is 0 Å². The fourth-order valence-electron chi connectivity index (χ4n) is 4.86. The van der Waals surface area contributed by atoms with Gasteiger partial charge in [-0.05, 0) is 71.3 Å². The second-order valence-electron chi connectivity index (χ2n) is 10.4. The molecule has 0 spiro atoms. The minimum Gasteiger partial charge on any atom is -0.507 e. The molecule has 176 valence electrons. The molecule has 5 rings (SSSR count). The van der Waals surface area contributed by atoms with Gasteiger partial charge in [-0.25, -0.2) is 0 Å². The number of fused-ring (bicyclic) bond motifs is 1. The number of phenols is 1. The van der Waals surface area contributed by atoms with Crippen molar-refractivity contribution in [1.82, 2.24) is 10.1 Å². The molecule has 4 aromatic carbocycles. The number of aryl methyl sites for hydroxylation is 3. The molecule has 0 bridgehead atoms. The first-order chi connectivity index (χ1) is 16.6. The van der Waals surface area contributed by atoms with Crippen LogP contribution in [0.2, 0.25) is 0 Å². The van der Waals surface area contributed by atoms with Crippen molar-refractivity contribution in [2.45, 2.75) is 47.0 Å². The maximum Gasteiger partial charge on any atom is 0.258 e. The van der Waals surface area contributed by atoms with E-state index in [-0.39, 0.29) is 11.2 Å². The number of benzene rings is 4. The molecule has 1 heterocycles. The van der Waals surface area contributed by atoms with Crippen LogP contribution in [-0.2, 0) is 5.41 Å². The number of nitrogens with zero attached hydrogens (tertiary/aromatic N) is 2. The zero-order valence-corrected chi connectivity index (χ0v) is 21.1. The lowest BCUT2D eigenvalue weighted by molar-refractivity contribution is 0.430. The highest BCUT2D eigenvalue weighted by atomic mass is 16.5. The van der Waals surface area contributed by atoms with Gasteiger partial charge in [0.1, 0.15) is 5.75 Å². The van der Waals surface area contributed by atoms with Crippen LogP contribution in [0.1, 0.15) is 43.0 Å². The summed E-state index contributed by atoms with van der Waals surface area (Å²) < 4.78 is 5.73. The average molecular weight is 463 g/mol. The lowest BCUT2D eigenvalue weighted by atomic mass is 9.83. The Kier molecular flexibility index (Phi) is 5.47. The lowest BCUT2D eigenvalue weighted by Gasteiger charge is -2.22. The first-order valence-electron chi connectivity index (χ1n) is 11.9. The van der Waals surface area contributed by atoms with Crippen molar-refractivity contribution < 1.29 is 9.63 Å². The highest BCUT2D eigenvalue weighted by Gasteiger charge is 2.24. The summed E-state index contributed by atoms with van der Waals surface area (Å²) in [6.45, 7) is 12.7. The predicted octanol–water partition coefficient (Wildman–Crippen LogP) is 8.15. The number of aromatic nitrogens is 2. The second-order valence-corrected chi connectivity index (χ2v) is 10.4. The van der Waals surface area contributed by atoms with Crippen LogP contribution < -0.4 is 0 Å². The Bertz CT molecular complexity index is 1540. The van der Waals surface area contributed by atoms with Gasteiger partial charge < -0.3 is 9.63 Å². The summed E-state index contributed by atoms with van der Waals surface area (Å²) in [5, 5.41) is 18.1. The number of phenolic OH excluding ortho intramolecular Hbond substituents is 1. The van der Waals surface area contributed by atoms with Gasteiger partial charge >= 0.3 is 0 Å². The van der Waals surface area contributed by atoms with Gasteiger partial charge in [-0.3, -0.25) is 0 Å². The fraction of sp³-hybridized carbons (Fsp3) is 0.226. The van der Waals surface area contributed by atoms with E-state index >= 15 is 0 Å². The summed E-state index contributed by atoms with van der Waals surface area (Å²) in [6, 6.07) is 22.7. The maximum absolute atomic E-state index is 11.5. The minimum absolute atomic E-state index is 0.140. The van der Waals surface area contributed by atoms with Crippen molar-refractivity contribution in [3.05, 3.63) is 89.0 Å². The molecule has 35 heavy (non-hydrogen) atoms. The summed E-state index contributed by atoms with van der Waals surface area (Å²) in [6.07, 6.45) is 0. The molecule has 0 aliphatic heterocycles. The van der Waals surface area contributed by atoms with Crippen LogP contribution in [0.3, 0.4) is 0 Å². The maximum atomic E-state index is 11.5. The Labute approximate surface area is 206 Å². The van der Waals surface area contributed by atoms with Crippen molar-refractivity contribution in [3.63, 3.8) is 0 Å². The molecule has 0 amide bonds. The molecular formula is C31H30N2O2. The fourth-order valence-corrected chi connectivity index (χ4v) is 4.86. The normalized spacial score (nSPS) is 11.8. The smallest absolute Gasteiger partial charge is 0.258 e. The SMILES string of the molecule is Cc1cc(C)c(-c2nc(-c3cc(C(C)(C)C)cc(-c4cccc5ccccc45)c3O)no2)c(C)c1. The zero-order chi connectivity index (χ0) is 24.9. The predicted molar refractivity (Wildman–Crippen MR) is 143 cm³/mol. The third-order valence-electron chi connectivity index (χ3n) is 6.61. The van der Waals surface area contributed by atoms with Gasteiger partial charge in [0.15, 0.2) is 0 Å². The quantitative estimate of drug-likeness (QED) is 0.294. The van der Waals surface area contributed by atoms with E-state index in [1.807, 2.05) is 30.3 Å². The summed E-state index contributed by atoms with van der Waals surface area (Å²) in [5.74, 6) is 0.991. The van der Waals surface area contributed by atoms with Gasteiger partial charge in [0.25, 0.3) is 5.89 Å². The molecule has 0 saturated carbocycles. The third-order valence-corrected chi connectivity index (χ3v) is 6.61. The van der Waals surface area contributed by atoms with Crippen molar-refractivity contribution in [2.75, 3.05) is 0 Å². The molecule has 0 aliphatic rings. The van der Waals surface area contributed by atoms with Crippen molar-refractivity contribution >= 4 is 10.8 Å². The molecule has 0 saturated heterocycles. The van der Waals surface area contributed by atoms with Crippen LogP contribution in [0, 0.1) is 20.8 Å². The number of rotatable bonds is 3. The molecule has 5 aromatic rings. The topological polar surface area (TPSA) is 59.2 Å². The van der Waals surface area contributed by atoms with E-state index in [2.05, 4.69) is 83.1 Å². The molecule has 0 radical (unpaired) electrons. The van der Waals surface area contributed by atoms with Crippen LogP contribution in [0.25, 0.3) is 44.7 Å². The molecule has 0 fully saturated rings. The van der Waals surface area contributed by atoms with Gasteiger partial charge in [-0.1, -0.05) is 86.1 Å². The Morgan fingerprint density at radius 1 is 0.771 bits per heavy atom. The summed E-state index contributed by atoms with van der Waals surface area (Å²) in [7, 11) is 0. The third kappa shape index (κ3) is 4.10. The number of aromatic hydroxyl groups is 1. The van der Waals surface area contributed by atoms with E-state index in [0.717, 1.165) is 44.2 Å². The van der Waals surface area contributed by atoms with Crippen LogP contribution in [0.4, 0.5) is 0 Å². The van der Waals surface area contributed by atoms with E-state index in [1.54, 1.807) is 0 Å². The molecule has 0 atom stereocenters. The van der Waals surface area contributed by atoms with Crippen molar-refractivity contribution in [3.8, 4) is 39.7 Å². The van der Waals surface area contributed by atoms with Crippen LogP contribution in [0.5, 0.6) is 5.75 Å². The highest BCUT2D eigenvalue weighted by Crippen LogP contribution is 2.43. The molecule has 1 aromatic heterocycles. The van der Waals surface area contributed by atoms with Gasteiger partial charge in [-0.2, -0.15) is 4.98 Å². The lowest BCUT2D eigenvalue weighted by Crippen LogP contribution is -2.11. The van der Waals surface area contributed by atoms with Crippen LogP contribution >= 0.6 is 0 Å². The van der Waals surface area contributed by atoms with E-state index in [1.165, 1.54) is 5.56 Å². The molecule has 4 heteroatoms. The number of hydrogen-bond acceptors (Lipinski definition) is 4. The highest BCUT2D eigenvalue weighted by molar-refractivity contribution is 5.99. The van der Waals surface area contributed by atoms with E-state index in [9.17, 15) is 5.11 Å². The first kappa shape index (κ1) is 22.9. The second kappa shape index (κ2) is 8.38. The Morgan fingerprint density at radius 3 is 2.14 bits per heavy atom. The average Bonchev–Trinajstić information content (AvgIpc) is 3.27. The Morgan fingerprint density at radius 2 is 1.43 bits per heavy atom. The largest absolute Gasteiger partial charge is 0.507 e. The van der Waals surface area contributed by atoms with Crippen molar-refractivity contribution in [1.29, 1.82) is 0 Å². The van der Waals surface area contributed by atoms with Crippen LogP contribution in [-0.4, -0.2) is 15.2 Å². The summed E-state index contributed by atoms with van der Waals surface area (Å²) in [5.41, 5.74) is 7.55. The summed E-state index contributed by atoms with van der Waals surface area (Å²) in [4.78, 5) is 4.75. The standard InChI is InChI=1S/C31H30N2O2/c1-18-14-19(2)27(20(3)15-18)30-32-29(33-35-30)26-17-22(31(4,5)6)16-25(28(26)34)24-13-9-11-21-10-7-8-12-23(21)24/h7-17,34H,1-6H3. The zero-order valence-electron chi connectivity index (χ0n) is 21.1. The van der Waals surface area contributed by atoms with Gasteiger partial charge in [0.2, 0.25) is 5.82 Å². The van der Waals surface area contributed by atoms with Gasteiger partial charge in [0, 0.05) is 11.1 Å².